The Morgan fingerprint density at radius 2 is 1.88 bits per heavy atom. The van der Waals surface area contributed by atoms with Gasteiger partial charge in [0.25, 0.3) is 5.91 Å². The zero-order valence-electron chi connectivity index (χ0n) is 23.4. The van der Waals surface area contributed by atoms with E-state index in [-0.39, 0.29) is 23.9 Å². The molecule has 5 rings (SSSR count). The molecule has 9 heteroatoms. The lowest BCUT2D eigenvalue weighted by atomic mass is 9.93. The van der Waals surface area contributed by atoms with Crippen molar-refractivity contribution in [3.63, 3.8) is 0 Å². The van der Waals surface area contributed by atoms with Gasteiger partial charge in [-0.2, -0.15) is 5.26 Å². The van der Waals surface area contributed by atoms with E-state index >= 15 is 0 Å². The highest BCUT2D eigenvalue weighted by atomic mass is 35.5. The van der Waals surface area contributed by atoms with Gasteiger partial charge in [0.05, 0.1) is 21.7 Å². The van der Waals surface area contributed by atoms with Crippen LogP contribution in [0.3, 0.4) is 0 Å². The Hall–Kier alpha value is -3.15. The number of likely N-dealkylation sites (tertiary alicyclic amines) is 2. The number of nitrogens with zero attached hydrogens (tertiary/aromatic N) is 4. The van der Waals surface area contributed by atoms with Crippen molar-refractivity contribution in [3.05, 3.63) is 81.3 Å². The monoisotopic (exact) mass is 592 g/mol. The highest BCUT2D eigenvalue weighted by molar-refractivity contribution is 6.42. The molecule has 0 bridgehead atoms. The number of nitriles is 1. The van der Waals surface area contributed by atoms with Gasteiger partial charge in [0, 0.05) is 64.2 Å². The summed E-state index contributed by atoms with van der Waals surface area (Å²) in [4.78, 5) is 31.6. The standard InChI is InChI=1S/C32H34Cl2N4O3/c1-21(39)41-27-10-12-38(20-27)26-18-37(19-26)11-9-25(23-7-8-30(33)31(34)15-23)17-36(2)32(40)29-14-22(16-35)13-24-5-3-4-6-28(24)29/h3-8,13-15,25-27H,9-12,17-20H2,1-2H3/t25-,27?/m1/s1. The molecule has 1 amide bonds. The molecule has 2 aliphatic heterocycles. The van der Waals surface area contributed by atoms with Crippen LogP contribution in [-0.2, 0) is 9.53 Å². The maximum absolute atomic E-state index is 13.7. The van der Waals surface area contributed by atoms with Gasteiger partial charge in [-0.3, -0.25) is 14.5 Å². The number of amides is 1. The third-order valence-electron chi connectivity index (χ3n) is 8.23. The number of rotatable bonds is 9. The lowest BCUT2D eigenvalue weighted by Crippen LogP contribution is -2.59. The number of esters is 1. The van der Waals surface area contributed by atoms with Gasteiger partial charge >= 0.3 is 5.97 Å². The molecule has 41 heavy (non-hydrogen) atoms. The van der Waals surface area contributed by atoms with Crippen LogP contribution in [0.2, 0.25) is 10.0 Å². The van der Waals surface area contributed by atoms with E-state index in [2.05, 4.69) is 15.9 Å². The van der Waals surface area contributed by atoms with Crippen molar-refractivity contribution in [2.75, 3.05) is 46.3 Å². The van der Waals surface area contributed by atoms with Gasteiger partial charge in [-0.05, 0) is 60.0 Å². The molecule has 0 N–H and O–H groups in total. The molecule has 214 valence electrons. The highest BCUT2D eigenvalue weighted by Crippen LogP contribution is 2.31. The van der Waals surface area contributed by atoms with E-state index in [0.29, 0.717) is 33.8 Å². The lowest BCUT2D eigenvalue weighted by molar-refractivity contribution is -0.145. The summed E-state index contributed by atoms with van der Waals surface area (Å²) in [5.41, 5.74) is 2.03. The smallest absolute Gasteiger partial charge is 0.302 e. The number of carbonyl (C=O) groups excluding carboxylic acids is 2. The van der Waals surface area contributed by atoms with Gasteiger partial charge in [0.2, 0.25) is 0 Å². The molecule has 3 aromatic carbocycles. The molecule has 2 atom stereocenters. The number of hydrogen-bond acceptors (Lipinski definition) is 6. The van der Waals surface area contributed by atoms with Crippen molar-refractivity contribution in [2.45, 2.75) is 37.8 Å². The number of ether oxygens (including phenoxy) is 1. The molecular formula is C32H34Cl2N4O3. The summed E-state index contributed by atoms with van der Waals surface area (Å²) in [5, 5.41) is 12.2. The van der Waals surface area contributed by atoms with E-state index in [9.17, 15) is 14.9 Å². The highest BCUT2D eigenvalue weighted by Gasteiger charge is 2.37. The number of benzene rings is 3. The minimum absolute atomic E-state index is 0.000341. The number of hydrogen-bond donors (Lipinski definition) is 0. The van der Waals surface area contributed by atoms with Crippen LogP contribution in [0.1, 0.15) is 47.2 Å². The summed E-state index contributed by atoms with van der Waals surface area (Å²) >= 11 is 12.6. The Kier molecular flexibility index (Phi) is 9.16. The summed E-state index contributed by atoms with van der Waals surface area (Å²) in [5.74, 6) is -0.290. The molecule has 1 unspecified atom stereocenters. The van der Waals surface area contributed by atoms with E-state index < -0.39 is 0 Å². The summed E-state index contributed by atoms with van der Waals surface area (Å²) in [6.45, 7) is 6.56. The first-order chi connectivity index (χ1) is 19.7. The second-order valence-corrected chi connectivity index (χ2v) is 11.9. The molecule has 0 aliphatic carbocycles. The second kappa shape index (κ2) is 12.8. The van der Waals surface area contributed by atoms with Crippen molar-refractivity contribution >= 4 is 45.9 Å². The van der Waals surface area contributed by atoms with Gasteiger partial charge in [0.15, 0.2) is 0 Å². The fourth-order valence-corrected chi connectivity index (χ4v) is 6.32. The van der Waals surface area contributed by atoms with Gasteiger partial charge < -0.3 is 14.5 Å². The average molecular weight is 594 g/mol. The minimum Gasteiger partial charge on any atom is -0.461 e. The molecule has 7 nitrogen and oxygen atoms in total. The first kappa shape index (κ1) is 29.3. The number of halogens is 2. The largest absolute Gasteiger partial charge is 0.461 e. The summed E-state index contributed by atoms with van der Waals surface area (Å²) in [7, 11) is 1.81. The zero-order valence-corrected chi connectivity index (χ0v) is 24.9. The number of likely N-dealkylation sites (N-methyl/N-ethyl adjacent to an activating group) is 1. The Balaban J connectivity index is 1.26. The fourth-order valence-electron chi connectivity index (χ4n) is 6.01. The van der Waals surface area contributed by atoms with Crippen molar-refractivity contribution in [1.82, 2.24) is 14.7 Å². The second-order valence-electron chi connectivity index (χ2n) is 11.1. The molecule has 0 saturated carbocycles. The maximum atomic E-state index is 13.7. The minimum atomic E-state index is -0.213. The van der Waals surface area contributed by atoms with Gasteiger partial charge in [-0.1, -0.05) is 53.5 Å². The molecule has 3 aromatic rings. The summed E-state index contributed by atoms with van der Waals surface area (Å²) < 4.78 is 5.40. The van der Waals surface area contributed by atoms with E-state index in [1.165, 1.54) is 6.92 Å². The van der Waals surface area contributed by atoms with Crippen LogP contribution in [0.25, 0.3) is 10.8 Å². The van der Waals surface area contributed by atoms with Crippen LogP contribution in [0.5, 0.6) is 0 Å². The van der Waals surface area contributed by atoms with Crippen molar-refractivity contribution in [2.24, 2.45) is 0 Å². The topological polar surface area (TPSA) is 76.9 Å². The van der Waals surface area contributed by atoms with Gasteiger partial charge in [-0.15, -0.1) is 0 Å². The van der Waals surface area contributed by atoms with E-state index in [0.717, 1.165) is 61.9 Å². The molecule has 2 heterocycles. The number of carbonyl (C=O) groups is 2. The van der Waals surface area contributed by atoms with Gasteiger partial charge in [0.1, 0.15) is 6.10 Å². The van der Waals surface area contributed by atoms with Crippen molar-refractivity contribution in [3.8, 4) is 6.07 Å². The van der Waals surface area contributed by atoms with E-state index in [1.807, 2.05) is 55.6 Å². The van der Waals surface area contributed by atoms with Crippen LogP contribution in [0.4, 0.5) is 0 Å². The molecule has 2 aliphatic rings. The average Bonchev–Trinajstić information content (AvgIpc) is 3.38. The number of fused-ring (bicyclic) bond motifs is 1. The Bertz CT molecular complexity index is 1480. The van der Waals surface area contributed by atoms with E-state index in [1.54, 1.807) is 11.0 Å². The predicted octanol–water partition coefficient (Wildman–Crippen LogP) is 5.59. The third kappa shape index (κ3) is 6.85. The normalized spacial score (nSPS) is 18.6. The van der Waals surface area contributed by atoms with E-state index in [4.69, 9.17) is 27.9 Å². The zero-order chi connectivity index (χ0) is 29.1. The molecule has 0 spiro atoms. The van der Waals surface area contributed by atoms with Crippen LogP contribution in [0.15, 0.2) is 54.6 Å². The van der Waals surface area contributed by atoms with Crippen LogP contribution < -0.4 is 0 Å². The molecule has 2 saturated heterocycles. The molecule has 0 radical (unpaired) electrons. The summed E-state index contributed by atoms with van der Waals surface area (Å²) in [6, 6.07) is 19.5. The van der Waals surface area contributed by atoms with Crippen LogP contribution in [0, 0.1) is 11.3 Å². The Morgan fingerprint density at radius 3 is 2.61 bits per heavy atom. The molecule has 0 aromatic heterocycles. The van der Waals surface area contributed by atoms with Crippen molar-refractivity contribution in [1.29, 1.82) is 5.26 Å². The molecule has 2 fully saturated rings. The molecular weight excluding hydrogens is 559 g/mol. The maximum Gasteiger partial charge on any atom is 0.302 e. The Labute approximate surface area is 251 Å². The van der Waals surface area contributed by atoms with Crippen molar-refractivity contribution < 1.29 is 14.3 Å². The first-order valence-corrected chi connectivity index (χ1v) is 14.7. The quantitative estimate of drug-likeness (QED) is 0.302. The summed E-state index contributed by atoms with van der Waals surface area (Å²) in [6.07, 6.45) is 1.74. The lowest BCUT2D eigenvalue weighted by Gasteiger charge is -2.44. The van der Waals surface area contributed by atoms with Crippen LogP contribution >= 0.6 is 23.2 Å². The first-order valence-electron chi connectivity index (χ1n) is 14.0. The Morgan fingerprint density at radius 1 is 1.10 bits per heavy atom. The predicted molar refractivity (Wildman–Crippen MR) is 161 cm³/mol. The third-order valence-corrected chi connectivity index (χ3v) is 8.97. The van der Waals surface area contributed by atoms with Crippen LogP contribution in [-0.4, -0.2) is 85.0 Å². The van der Waals surface area contributed by atoms with Gasteiger partial charge in [-0.25, -0.2) is 0 Å². The SMILES string of the molecule is CC(=O)OC1CCN(C2CN(CC[C@H](CN(C)C(=O)c3cc(C#N)cc4ccccc34)c3ccc(Cl)c(Cl)c3)C2)C1. The fraction of sp³-hybridized carbons (Fsp3) is 0.406.